The first kappa shape index (κ1) is 16.8. The number of benzene rings is 2. The normalized spacial score (nSPS) is 14.0. The number of nitrogens with zero attached hydrogens (tertiary/aromatic N) is 4. The van der Waals surface area contributed by atoms with Crippen molar-refractivity contribution < 1.29 is 4.52 Å². The van der Waals surface area contributed by atoms with Crippen molar-refractivity contribution in [2.75, 3.05) is 6.54 Å². The fraction of sp³-hybridized carbons (Fsp3) is 0.174. The molecular formula is C23H20N4O. The number of hydrogen-bond acceptors (Lipinski definition) is 5. The van der Waals surface area contributed by atoms with E-state index in [1.807, 2.05) is 72.9 Å². The minimum Gasteiger partial charge on any atom is -0.356 e. The molecule has 5 rings (SSSR count). The molecule has 0 amide bonds. The molecule has 0 fully saturated rings. The van der Waals surface area contributed by atoms with E-state index in [4.69, 9.17) is 9.51 Å². The van der Waals surface area contributed by atoms with Crippen molar-refractivity contribution in [3.05, 3.63) is 89.9 Å². The monoisotopic (exact) mass is 368 g/mol. The second-order valence-electron chi connectivity index (χ2n) is 7.04. The number of aromatic nitrogens is 3. The lowest BCUT2D eigenvalue weighted by atomic mass is 10.1. The molecule has 0 spiro atoms. The van der Waals surface area contributed by atoms with Crippen LogP contribution in [-0.4, -0.2) is 26.6 Å². The van der Waals surface area contributed by atoms with Crippen LogP contribution in [0.3, 0.4) is 0 Å². The summed E-state index contributed by atoms with van der Waals surface area (Å²) in [4.78, 5) is 11.7. The molecule has 4 aromatic rings. The molecule has 0 bridgehead atoms. The maximum atomic E-state index is 5.53. The first-order chi connectivity index (χ1) is 13.8. The zero-order chi connectivity index (χ0) is 18.8. The maximum Gasteiger partial charge on any atom is 0.167 e. The van der Waals surface area contributed by atoms with Gasteiger partial charge < -0.3 is 4.52 Å². The summed E-state index contributed by atoms with van der Waals surface area (Å²) in [5.74, 6) is 1.61. The largest absolute Gasteiger partial charge is 0.356 e. The van der Waals surface area contributed by atoms with Crippen LogP contribution in [0.2, 0.25) is 0 Å². The smallest absolute Gasteiger partial charge is 0.167 e. The average Bonchev–Trinajstić information content (AvgIpc) is 3.23. The van der Waals surface area contributed by atoms with E-state index in [2.05, 4.69) is 15.0 Å². The van der Waals surface area contributed by atoms with E-state index >= 15 is 0 Å². The van der Waals surface area contributed by atoms with Gasteiger partial charge in [-0.05, 0) is 0 Å². The molecule has 1 aliphatic heterocycles. The second-order valence-corrected chi connectivity index (χ2v) is 7.04. The third-order valence-corrected chi connectivity index (χ3v) is 5.05. The van der Waals surface area contributed by atoms with E-state index in [0.717, 1.165) is 60.2 Å². The Balaban J connectivity index is 1.30. The van der Waals surface area contributed by atoms with Crippen molar-refractivity contribution >= 4 is 0 Å². The Labute approximate surface area is 163 Å². The van der Waals surface area contributed by atoms with Crippen molar-refractivity contribution in [1.82, 2.24) is 20.0 Å². The average molecular weight is 368 g/mol. The van der Waals surface area contributed by atoms with E-state index in [-0.39, 0.29) is 0 Å². The topological polar surface area (TPSA) is 55.1 Å². The van der Waals surface area contributed by atoms with Gasteiger partial charge >= 0.3 is 0 Å². The minimum absolute atomic E-state index is 0.760. The van der Waals surface area contributed by atoms with Gasteiger partial charge in [0.1, 0.15) is 0 Å². The molecule has 138 valence electrons. The highest BCUT2D eigenvalue weighted by atomic mass is 16.5. The summed E-state index contributed by atoms with van der Waals surface area (Å²) in [6.07, 6.45) is 2.89. The number of hydrogen-bond donors (Lipinski definition) is 0. The Kier molecular flexibility index (Phi) is 4.43. The lowest BCUT2D eigenvalue weighted by molar-refractivity contribution is 0.235. The molecule has 0 N–H and O–H groups in total. The predicted octanol–water partition coefficient (Wildman–Crippen LogP) is 4.36. The van der Waals surface area contributed by atoms with Gasteiger partial charge in [-0.2, -0.15) is 0 Å². The van der Waals surface area contributed by atoms with E-state index in [1.54, 1.807) is 0 Å². The molecule has 5 heteroatoms. The predicted molar refractivity (Wildman–Crippen MR) is 107 cm³/mol. The van der Waals surface area contributed by atoms with Crippen molar-refractivity contribution in [1.29, 1.82) is 0 Å². The van der Waals surface area contributed by atoms with E-state index < -0.39 is 0 Å². The molecule has 2 aromatic carbocycles. The van der Waals surface area contributed by atoms with Crippen LogP contribution in [0.1, 0.15) is 17.0 Å². The molecule has 0 saturated heterocycles. The van der Waals surface area contributed by atoms with Crippen LogP contribution >= 0.6 is 0 Å². The van der Waals surface area contributed by atoms with E-state index in [0.29, 0.717) is 0 Å². The fourth-order valence-corrected chi connectivity index (χ4v) is 3.59. The molecule has 0 unspecified atom stereocenters. The highest BCUT2D eigenvalue weighted by molar-refractivity contribution is 5.57. The lowest BCUT2D eigenvalue weighted by Crippen LogP contribution is -2.31. The first-order valence-corrected chi connectivity index (χ1v) is 9.49. The Hall–Kier alpha value is -3.31. The summed E-state index contributed by atoms with van der Waals surface area (Å²) in [5, 5.41) is 4.25. The fourth-order valence-electron chi connectivity index (χ4n) is 3.59. The third kappa shape index (κ3) is 3.44. The van der Waals surface area contributed by atoms with Crippen molar-refractivity contribution in [3.63, 3.8) is 0 Å². The molecule has 0 radical (unpaired) electrons. The van der Waals surface area contributed by atoms with Gasteiger partial charge in [0, 0.05) is 55.0 Å². The zero-order valence-electron chi connectivity index (χ0n) is 15.5. The molecule has 0 aliphatic carbocycles. The van der Waals surface area contributed by atoms with Gasteiger partial charge in [0.05, 0.1) is 11.4 Å². The zero-order valence-corrected chi connectivity index (χ0v) is 15.5. The molecule has 5 nitrogen and oxygen atoms in total. The molecular weight excluding hydrogens is 348 g/mol. The molecule has 0 saturated carbocycles. The quantitative estimate of drug-likeness (QED) is 0.536. The number of rotatable bonds is 4. The summed E-state index contributed by atoms with van der Waals surface area (Å²) in [6, 6.07) is 22.2. The van der Waals surface area contributed by atoms with Gasteiger partial charge in [-0.15, -0.1) is 0 Å². The van der Waals surface area contributed by atoms with Crippen LogP contribution in [0.25, 0.3) is 22.7 Å². The Morgan fingerprint density at radius 3 is 2.46 bits per heavy atom. The summed E-state index contributed by atoms with van der Waals surface area (Å²) >= 11 is 0. The molecule has 3 heterocycles. The first-order valence-electron chi connectivity index (χ1n) is 9.49. The van der Waals surface area contributed by atoms with Crippen molar-refractivity contribution in [3.8, 4) is 22.7 Å². The Bertz CT molecular complexity index is 1080. The van der Waals surface area contributed by atoms with Crippen molar-refractivity contribution in [2.24, 2.45) is 0 Å². The van der Waals surface area contributed by atoms with Gasteiger partial charge in [-0.3, -0.25) is 4.90 Å². The Morgan fingerprint density at radius 2 is 1.68 bits per heavy atom. The van der Waals surface area contributed by atoms with Crippen LogP contribution in [0.5, 0.6) is 0 Å². The standard InChI is InChI=1S/C23H20N4O/c1-3-7-17(8-4-1)22-13-20(26-28-22)16-27-12-11-21-19(15-27)14-24-23(25-21)18-9-5-2-6-10-18/h1-10,13-14H,11-12,15-16H2. The summed E-state index contributed by atoms with van der Waals surface area (Å²) in [7, 11) is 0. The molecule has 1 aliphatic rings. The van der Waals surface area contributed by atoms with E-state index in [1.165, 1.54) is 5.56 Å². The third-order valence-electron chi connectivity index (χ3n) is 5.05. The van der Waals surface area contributed by atoms with Gasteiger partial charge in [-0.1, -0.05) is 65.8 Å². The highest BCUT2D eigenvalue weighted by Crippen LogP contribution is 2.24. The highest BCUT2D eigenvalue weighted by Gasteiger charge is 2.20. The minimum atomic E-state index is 0.760. The van der Waals surface area contributed by atoms with Crippen LogP contribution in [0.15, 0.2) is 77.4 Å². The number of fused-ring (bicyclic) bond motifs is 1. The van der Waals surface area contributed by atoms with Gasteiger partial charge in [0.25, 0.3) is 0 Å². The SMILES string of the molecule is c1ccc(-c2ncc3c(n2)CCN(Cc2cc(-c4ccccc4)on2)C3)cc1. The van der Waals surface area contributed by atoms with Gasteiger partial charge in [0.2, 0.25) is 0 Å². The van der Waals surface area contributed by atoms with Crippen molar-refractivity contribution in [2.45, 2.75) is 19.5 Å². The molecule has 28 heavy (non-hydrogen) atoms. The van der Waals surface area contributed by atoms with E-state index in [9.17, 15) is 0 Å². The van der Waals surface area contributed by atoms with Crippen LogP contribution in [0.4, 0.5) is 0 Å². The van der Waals surface area contributed by atoms with Gasteiger partial charge in [-0.25, -0.2) is 9.97 Å². The van der Waals surface area contributed by atoms with Crippen LogP contribution in [0, 0.1) is 0 Å². The van der Waals surface area contributed by atoms with Crippen LogP contribution in [-0.2, 0) is 19.5 Å². The maximum absolute atomic E-state index is 5.53. The second kappa shape index (κ2) is 7.37. The summed E-state index contributed by atoms with van der Waals surface area (Å²) in [5.41, 5.74) is 5.40. The molecule has 0 atom stereocenters. The summed E-state index contributed by atoms with van der Waals surface area (Å²) in [6.45, 7) is 2.54. The van der Waals surface area contributed by atoms with Gasteiger partial charge in [0.15, 0.2) is 11.6 Å². The molecule has 2 aromatic heterocycles. The van der Waals surface area contributed by atoms with Crippen LogP contribution < -0.4 is 0 Å². The Morgan fingerprint density at radius 1 is 0.929 bits per heavy atom. The lowest BCUT2D eigenvalue weighted by Gasteiger charge is -2.27. The summed E-state index contributed by atoms with van der Waals surface area (Å²) < 4.78 is 5.53.